The van der Waals surface area contributed by atoms with Gasteiger partial charge in [-0.3, -0.25) is 0 Å². The Kier molecular flexibility index (Phi) is 4.13. The van der Waals surface area contributed by atoms with Crippen LogP contribution in [0.5, 0.6) is 0 Å². The lowest BCUT2D eigenvalue weighted by Gasteiger charge is -2.21. The van der Waals surface area contributed by atoms with Crippen LogP contribution in [0, 0.1) is 6.92 Å². The number of aryl methyl sites for hydroxylation is 1. The van der Waals surface area contributed by atoms with E-state index in [-0.39, 0.29) is 12.5 Å². The number of hydrogen-bond acceptors (Lipinski definition) is 2. The molecule has 0 spiro atoms. The molecule has 0 radical (unpaired) electrons. The zero-order chi connectivity index (χ0) is 13.0. The molecule has 0 saturated carbocycles. The summed E-state index contributed by atoms with van der Waals surface area (Å²) in [5.74, 6) is -0.284. The first-order valence-corrected chi connectivity index (χ1v) is 6.13. The van der Waals surface area contributed by atoms with Gasteiger partial charge in [-0.1, -0.05) is 60.2 Å². The fourth-order valence-electron chi connectivity index (χ4n) is 2.08. The van der Waals surface area contributed by atoms with E-state index >= 15 is 0 Å². The summed E-state index contributed by atoms with van der Waals surface area (Å²) in [5, 5.41) is 19.9. The van der Waals surface area contributed by atoms with Crippen molar-refractivity contribution in [2.24, 2.45) is 0 Å². The van der Waals surface area contributed by atoms with Crippen LogP contribution in [0.3, 0.4) is 0 Å². The Morgan fingerprint density at radius 2 is 1.50 bits per heavy atom. The first-order valence-electron chi connectivity index (χ1n) is 6.13. The van der Waals surface area contributed by atoms with Crippen LogP contribution in [-0.4, -0.2) is 16.8 Å². The van der Waals surface area contributed by atoms with Gasteiger partial charge in [0.1, 0.15) is 0 Å². The Balaban J connectivity index is 2.26. The van der Waals surface area contributed by atoms with E-state index in [0.29, 0.717) is 0 Å². The third kappa shape index (κ3) is 2.78. The molecule has 0 heterocycles. The van der Waals surface area contributed by atoms with Crippen LogP contribution in [0.2, 0.25) is 0 Å². The fraction of sp³-hybridized carbons (Fsp3) is 0.250. The molecular weight excluding hydrogens is 224 g/mol. The normalized spacial score (nSPS) is 14.2. The summed E-state index contributed by atoms with van der Waals surface area (Å²) in [6.07, 6.45) is -0.682. The largest absolute Gasteiger partial charge is 0.396 e. The van der Waals surface area contributed by atoms with Crippen LogP contribution in [0.25, 0.3) is 0 Å². The van der Waals surface area contributed by atoms with E-state index < -0.39 is 6.10 Å². The summed E-state index contributed by atoms with van der Waals surface area (Å²) in [6, 6.07) is 17.4. The average Bonchev–Trinajstić information content (AvgIpc) is 2.42. The fourth-order valence-corrected chi connectivity index (χ4v) is 2.08. The highest BCUT2D eigenvalue weighted by Gasteiger charge is 2.21. The molecule has 0 amide bonds. The predicted molar refractivity (Wildman–Crippen MR) is 72.4 cm³/mol. The molecule has 0 fully saturated rings. The lowest BCUT2D eigenvalue weighted by Crippen LogP contribution is -2.14. The minimum atomic E-state index is -0.682. The standard InChI is InChI=1S/C16H18O2/c1-12-7-9-13(10-8-12)15(11-17)16(18)14-5-3-2-4-6-14/h2-10,15-18H,11H2,1H3. The summed E-state index contributed by atoms with van der Waals surface area (Å²) in [6.45, 7) is 1.95. The highest BCUT2D eigenvalue weighted by molar-refractivity contribution is 5.29. The van der Waals surface area contributed by atoms with Gasteiger partial charge in [-0.05, 0) is 18.1 Å². The van der Waals surface area contributed by atoms with E-state index in [2.05, 4.69) is 0 Å². The van der Waals surface area contributed by atoms with Crippen LogP contribution < -0.4 is 0 Å². The number of rotatable bonds is 4. The van der Waals surface area contributed by atoms with Gasteiger partial charge in [0.2, 0.25) is 0 Å². The molecule has 2 aromatic rings. The molecule has 0 aromatic heterocycles. The molecule has 0 bridgehead atoms. The van der Waals surface area contributed by atoms with Gasteiger partial charge in [0.25, 0.3) is 0 Å². The van der Waals surface area contributed by atoms with Gasteiger partial charge in [-0.15, -0.1) is 0 Å². The third-order valence-corrected chi connectivity index (χ3v) is 3.22. The summed E-state index contributed by atoms with van der Waals surface area (Å²) in [7, 11) is 0. The molecule has 94 valence electrons. The molecule has 0 aliphatic rings. The van der Waals surface area contributed by atoms with Crippen molar-refractivity contribution in [1.29, 1.82) is 0 Å². The zero-order valence-electron chi connectivity index (χ0n) is 10.5. The summed E-state index contributed by atoms with van der Waals surface area (Å²) in [4.78, 5) is 0. The molecule has 2 unspecified atom stereocenters. The topological polar surface area (TPSA) is 40.5 Å². The molecule has 2 nitrogen and oxygen atoms in total. The second-order valence-corrected chi connectivity index (χ2v) is 4.56. The Hall–Kier alpha value is -1.64. The van der Waals surface area contributed by atoms with Crippen molar-refractivity contribution >= 4 is 0 Å². The van der Waals surface area contributed by atoms with E-state index in [1.807, 2.05) is 61.5 Å². The molecule has 2 heteroatoms. The van der Waals surface area contributed by atoms with Gasteiger partial charge in [-0.2, -0.15) is 0 Å². The highest BCUT2D eigenvalue weighted by Crippen LogP contribution is 2.30. The Morgan fingerprint density at radius 3 is 2.06 bits per heavy atom. The maximum atomic E-state index is 10.3. The van der Waals surface area contributed by atoms with Crippen molar-refractivity contribution in [3.8, 4) is 0 Å². The number of hydrogen-bond donors (Lipinski definition) is 2. The second-order valence-electron chi connectivity index (χ2n) is 4.56. The third-order valence-electron chi connectivity index (χ3n) is 3.22. The number of aliphatic hydroxyl groups excluding tert-OH is 2. The van der Waals surface area contributed by atoms with Crippen molar-refractivity contribution in [3.05, 3.63) is 71.3 Å². The summed E-state index contributed by atoms with van der Waals surface area (Å²) < 4.78 is 0. The van der Waals surface area contributed by atoms with E-state index in [1.54, 1.807) is 0 Å². The molecule has 2 aromatic carbocycles. The monoisotopic (exact) mass is 242 g/mol. The van der Waals surface area contributed by atoms with E-state index in [9.17, 15) is 10.2 Å². The summed E-state index contributed by atoms with van der Waals surface area (Å²) >= 11 is 0. The van der Waals surface area contributed by atoms with Gasteiger partial charge in [0.15, 0.2) is 0 Å². The van der Waals surface area contributed by atoms with Gasteiger partial charge < -0.3 is 10.2 Å². The smallest absolute Gasteiger partial charge is 0.0880 e. The molecule has 0 aliphatic heterocycles. The van der Waals surface area contributed by atoms with Crippen LogP contribution in [0.15, 0.2) is 54.6 Å². The maximum Gasteiger partial charge on any atom is 0.0880 e. The van der Waals surface area contributed by atoms with Crippen molar-refractivity contribution in [2.75, 3.05) is 6.61 Å². The molecule has 2 rings (SSSR count). The van der Waals surface area contributed by atoms with E-state index in [0.717, 1.165) is 11.1 Å². The quantitative estimate of drug-likeness (QED) is 0.865. The number of benzene rings is 2. The SMILES string of the molecule is Cc1ccc(C(CO)C(O)c2ccccc2)cc1. The van der Waals surface area contributed by atoms with Crippen LogP contribution >= 0.6 is 0 Å². The van der Waals surface area contributed by atoms with Crippen LogP contribution in [0.4, 0.5) is 0 Å². The molecular formula is C16H18O2. The summed E-state index contributed by atoms with van der Waals surface area (Å²) in [5.41, 5.74) is 2.96. The second kappa shape index (κ2) is 5.80. The van der Waals surface area contributed by atoms with Crippen molar-refractivity contribution in [3.63, 3.8) is 0 Å². The minimum Gasteiger partial charge on any atom is -0.396 e. The lowest BCUT2D eigenvalue weighted by atomic mass is 9.89. The van der Waals surface area contributed by atoms with Crippen LogP contribution in [0.1, 0.15) is 28.7 Å². The molecule has 0 saturated heterocycles. The first-order chi connectivity index (χ1) is 8.72. The Bertz CT molecular complexity index is 476. The minimum absolute atomic E-state index is 0.0703. The Labute approximate surface area is 108 Å². The highest BCUT2D eigenvalue weighted by atomic mass is 16.3. The van der Waals surface area contributed by atoms with E-state index in [1.165, 1.54) is 5.56 Å². The van der Waals surface area contributed by atoms with Gasteiger partial charge in [0.05, 0.1) is 12.7 Å². The number of aliphatic hydroxyl groups is 2. The van der Waals surface area contributed by atoms with Crippen LogP contribution in [-0.2, 0) is 0 Å². The first kappa shape index (κ1) is 12.8. The predicted octanol–water partition coefficient (Wildman–Crippen LogP) is 2.80. The Morgan fingerprint density at radius 1 is 0.889 bits per heavy atom. The van der Waals surface area contributed by atoms with Crippen molar-refractivity contribution in [2.45, 2.75) is 18.9 Å². The maximum absolute atomic E-state index is 10.3. The van der Waals surface area contributed by atoms with Crippen molar-refractivity contribution < 1.29 is 10.2 Å². The van der Waals surface area contributed by atoms with Gasteiger partial charge in [0, 0.05) is 5.92 Å². The van der Waals surface area contributed by atoms with Gasteiger partial charge in [-0.25, -0.2) is 0 Å². The molecule has 0 aliphatic carbocycles. The lowest BCUT2D eigenvalue weighted by molar-refractivity contribution is 0.107. The van der Waals surface area contributed by atoms with Crippen molar-refractivity contribution in [1.82, 2.24) is 0 Å². The molecule has 2 atom stereocenters. The molecule has 18 heavy (non-hydrogen) atoms. The van der Waals surface area contributed by atoms with Gasteiger partial charge >= 0.3 is 0 Å². The molecule has 2 N–H and O–H groups in total. The zero-order valence-corrected chi connectivity index (χ0v) is 10.5. The van der Waals surface area contributed by atoms with E-state index in [4.69, 9.17) is 0 Å². The average molecular weight is 242 g/mol.